The van der Waals surface area contributed by atoms with Gasteiger partial charge in [0.1, 0.15) is 11.4 Å². The van der Waals surface area contributed by atoms with Crippen molar-refractivity contribution >= 4 is 6.09 Å². The van der Waals surface area contributed by atoms with Crippen molar-refractivity contribution in [1.29, 1.82) is 0 Å². The standard InChI is InChI=1S/C18H27FN2O2/c1-12(21-17(22)23-18(2,3)4)10-11-20-16-9-8-13-14(16)6-5-7-15(13)19/h5-7,12,16,20H,8-11H2,1-4H3,(H,21,22). The van der Waals surface area contributed by atoms with Crippen LogP contribution in [0.4, 0.5) is 9.18 Å². The molecule has 2 rings (SSSR count). The van der Waals surface area contributed by atoms with E-state index in [-0.39, 0.29) is 17.9 Å². The van der Waals surface area contributed by atoms with Crippen molar-refractivity contribution in [3.63, 3.8) is 0 Å². The Balaban J connectivity index is 1.74. The Hall–Kier alpha value is -1.62. The van der Waals surface area contributed by atoms with Crippen LogP contribution in [-0.2, 0) is 11.2 Å². The Morgan fingerprint density at radius 2 is 2.17 bits per heavy atom. The summed E-state index contributed by atoms with van der Waals surface area (Å²) in [5.41, 5.74) is 1.42. The number of hydrogen-bond acceptors (Lipinski definition) is 3. The van der Waals surface area contributed by atoms with Gasteiger partial charge in [0.15, 0.2) is 0 Å². The van der Waals surface area contributed by atoms with Crippen LogP contribution in [0.15, 0.2) is 18.2 Å². The number of nitrogens with one attached hydrogen (secondary N) is 2. The fraction of sp³-hybridized carbons (Fsp3) is 0.611. The van der Waals surface area contributed by atoms with Crippen molar-refractivity contribution < 1.29 is 13.9 Å². The van der Waals surface area contributed by atoms with Crippen molar-refractivity contribution in [1.82, 2.24) is 10.6 Å². The Bertz CT molecular complexity index is 554. The summed E-state index contributed by atoms with van der Waals surface area (Å²) in [5.74, 6) is -0.105. The van der Waals surface area contributed by atoms with Gasteiger partial charge in [-0.2, -0.15) is 0 Å². The van der Waals surface area contributed by atoms with Crippen LogP contribution in [0.25, 0.3) is 0 Å². The lowest BCUT2D eigenvalue weighted by molar-refractivity contribution is 0.0506. The van der Waals surface area contributed by atoms with Crippen LogP contribution >= 0.6 is 0 Å². The monoisotopic (exact) mass is 322 g/mol. The minimum Gasteiger partial charge on any atom is -0.444 e. The minimum atomic E-state index is -0.486. The number of hydrogen-bond donors (Lipinski definition) is 2. The molecular formula is C18H27FN2O2. The molecule has 1 aliphatic carbocycles. The summed E-state index contributed by atoms with van der Waals surface area (Å²) >= 11 is 0. The van der Waals surface area contributed by atoms with Crippen LogP contribution in [0.2, 0.25) is 0 Å². The first-order valence-corrected chi connectivity index (χ1v) is 8.26. The molecule has 4 nitrogen and oxygen atoms in total. The second-order valence-electron chi connectivity index (χ2n) is 7.19. The van der Waals surface area contributed by atoms with Crippen molar-refractivity contribution in [3.05, 3.63) is 35.1 Å². The SMILES string of the molecule is CC(CCNC1CCc2c(F)cccc21)NC(=O)OC(C)(C)C. The van der Waals surface area contributed by atoms with Gasteiger partial charge in [0.05, 0.1) is 0 Å². The van der Waals surface area contributed by atoms with Crippen molar-refractivity contribution in [3.8, 4) is 0 Å². The maximum atomic E-state index is 13.7. The van der Waals surface area contributed by atoms with Crippen molar-refractivity contribution in [2.75, 3.05) is 6.54 Å². The van der Waals surface area contributed by atoms with E-state index in [1.165, 1.54) is 6.07 Å². The predicted molar refractivity (Wildman–Crippen MR) is 88.9 cm³/mol. The number of amides is 1. The second kappa shape index (κ2) is 7.30. The topological polar surface area (TPSA) is 50.4 Å². The summed E-state index contributed by atoms with van der Waals surface area (Å²) in [6.45, 7) is 8.24. The number of benzene rings is 1. The van der Waals surface area contributed by atoms with Crippen LogP contribution in [0, 0.1) is 5.82 Å². The van der Waals surface area contributed by atoms with Gasteiger partial charge >= 0.3 is 6.09 Å². The fourth-order valence-corrected chi connectivity index (χ4v) is 2.88. The molecule has 1 aromatic rings. The van der Waals surface area contributed by atoms with Crippen LogP contribution in [-0.4, -0.2) is 24.3 Å². The van der Waals surface area contributed by atoms with E-state index in [0.717, 1.165) is 36.9 Å². The first-order valence-electron chi connectivity index (χ1n) is 8.26. The molecule has 1 amide bonds. The Labute approximate surface area is 137 Å². The maximum absolute atomic E-state index is 13.7. The fourth-order valence-electron chi connectivity index (χ4n) is 2.88. The lowest BCUT2D eigenvalue weighted by Gasteiger charge is -2.22. The average molecular weight is 322 g/mol. The van der Waals surface area contributed by atoms with Gasteiger partial charge in [-0.05, 0) is 70.7 Å². The number of alkyl carbamates (subject to hydrolysis) is 1. The molecular weight excluding hydrogens is 295 g/mol. The molecule has 0 spiro atoms. The van der Waals surface area contributed by atoms with Crippen LogP contribution in [0.1, 0.15) is 57.7 Å². The van der Waals surface area contributed by atoms with E-state index in [0.29, 0.717) is 0 Å². The third kappa shape index (κ3) is 5.20. The molecule has 0 saturated carbocycles. The van der Waals surface area contributed by atoms with Gasteiger partial charge in [-0.1, -0.05) is 12.1 Å². The van der Waals surface area contributed by atoms with Crippen molar-refractivity contribution in [2.24, 2.45) is 0 Å². The number of carbonyl (C=O) groups excluding carboxylic acids is 1. The van der Waals surface area contributed by atoms with Gasteiger partial charge < -0.3 is 15.4 Å². The maximum Gasteiger partial charge on any atom is 0.407 e. The molecule has 1 aliphatic rings. The van der Waals surface area contributed by atoms with E-state index < -0.39 is 11.7 Å². The van der Waals surface area contributed by atoms with E-state index in [2.05, 4.69) is 10.6 Å². The summed E-state index contributed by atoms with van der Waals surface area (Å²) in [5, 5.41) is 6.29. The largest absolute Gasteiger partial charge is 0.444 e. The molecule has 1 aromatic carbocycles. The van der Waals surface area contributed by atoms with Gasteiger partial charge in [0, 0.05) is 12.1 Å². The molecule has 0 fully saturated rings. The Morgan fingerprint density at radius 3 is 2.87 bits per heavy atom. The molecule has 2 N–H and O–H groups in total. The molecule has 0 aromatic heterocycles. The molecule has 23 heavy (non-hydrogen) atoms. The normalized spacial score (nSPS) is 18.4. The third-order valence-electron chi connectivity index (χ3n) is 3.94. The van der Waals surface area contributed by atoms with Crippen molar-refractivity contribution in [2.45, 2.75) is 64.6 Å². The lowest BCUT2D eigenvalue weighted by atomic mass is 10.1. The Morgan fingerprint density at radius 1 is 1.43 bits per heavy atom. The first kappa shape index (κ1) is 17.7. The van der Waals surface area contributed by atoms with Crippen LogP contribution in [0.5, 0.6) is 0 Å². The van der Waals surface area contributed by atoms with Gasteiger partial charge in [-0.25, -0.2) is 9.18 Å². The predicted octanol–water partition coefficient (Wildman–Crippen LogP) is 3.71. The summed E-state index contributed by atoms with van der Waals surface area (Å²) in [7, 11) is 0. The van der Waals surface area contributed by atoms with E-state index in [9.17, 15) is 9.18 Å². The third-order valence-corrected chi connectivity index (χ3v) is 3.94. The summed E-state index contributed by atoms with van der Waals surface area (Å²) in [6.07, 6.45) is 2.11. The highest BCUT2D eigenvalue weighted by molar-refractivity contribution is 5.68. The number of carbonyl (C=O) groups is 1. The smallest absolute Gasteiger partial charge is 0.407 e. The highest BCUT2D eigenvalue weighted by Gasteiger charge is 2.24. The van der Waals surface area contributed by atoms with E-state index in [1.54, 1.807) is 6.07 Å². The van der Waals surface area contributed by atoms with Gasteiger partial charge in [-0.15, -0.1) is 0 Å². The molecule has 0 bridgehead atoms. The lowest BCUT2D eigenvalue weighted by Crippen LogP contribution is -2.39. The molecule has 0 aliphatic heterocycles. The minimum absolute atomic E-state index is 0.0192. The average Bonchev–Trinajstić information content (AvgIpc) is 2.81. The quantitative estimate of drug-likeness (QED) is 0.869. The molecule has 128 valence electrons. The number of fused-ring (bicyclic) bond motifs is 1. The zero-order valence-corrected chi connectivity index (χ0v) is 14.4. The summed E-state index contributed by atoms with van der Waals surface area (Å²) in [6, 6.07) is 5.50. The Kier molecular flexibility index (Phi) is 5.63. The summed E-state index contributed by atoms with van der Waals surface area (Å²) in [4.78, 5) is 11.7. The molecule has 5 heteroatoms. The van der Waals surface area contributed by atoms with Crippen LogP contribution < -0.4 is 10.6 Å². The second-order valence-corrected chi connectivity index (χ2v) is 7.19. The number of ether oxygens (including phenoxy) is 1. The van der Waals surface area contributed by atoms with E-state index in [1.807, 2.05) is 33.8 Å². The molecule has 0 heterocycles. The van der Waals surface area contributed by atoms with E-state index in [4.69, 9.17) is 4.74 Å². The summed E-state index contributed by atoms with van der Waals surface area (Å²) < 4.78 is 18.9. The molecule has 2 unspecified atom stereocenters. The number of rotatable bonds is 5. The van der Waals surface area contributed by atoms with Gasteiger partial charge in [0.2, 0.25) is 0 Å². The first-order chi connectivity index (χ1) is 10.8. The van der Waals surface area contributed by atoms with Gasteiger partial charge in [-0.3, -0.25) is 0 Å². The van der Waals surface area contributed by atoms with Crippen LogP contribution in [0.3, 0.4) is 0 Å². The molecule has 0 radical (unpaired) electrons. The zero-order valence-electron chi connectivity index (χ0n) is 14.4. The molecule has 0 saturated heterocycles. The highest BCUT2D eigenvalue weighted by atomic mass is 19.1. The van der Waals surface area contributed by atoms with E-state index >= 15 is 0 Å². The highest BCUT2D eigenvalue weighted by Crippen LogP contribution is 2.32. The number of halogens is 1. The molecule has 2 atom stereocenters. The van der Waals surface area contributed by atoms with Gasteiger partial charge in [0.25, 0.3) is 0 Å². The zero-order chi connectivity index (χ0) is 17.0.